The second-order valence-electron chi connectivity index (χ2n) is 6.64. The monoisotopic (exact) mass is 310 g/mol. The molecule has 6 heteroatoms. The lowest BCUT2D eigenvalue weighted by molar-refractivity contribution is 0.113. The molecule has 1 aliphatic heterocycles. The first-order valence-electron chi connectivity index (χ1n) is 7.58. The fourth-order valence-electron chi connectivity index (χ4n) is 2.35. The summed E-state index contributed by atoms with van der Waals surface area (Å²) < 4.78 is 7.53. The molecule has 5 nitrogen and oxygen atoms in total. The van der Waals surface area contributed by atoms with Crippen molar-refractivity contribution in [3.8, 4) is 0 Å². The van der Waals surface area contributed by atoms with Crippen molar-refractivity contribution in [1.82, 2.24) is 20.4 Å². The maximum atomic E-state index is 5.60. The van der Waals surface area contributed by atoms with Gasteiger partial charge < -0.3 is 15.4 Å². The highest BCUT2D eigenvalue weighted by Crippen LogP contribution is 2.20. The van der Waals surface area contributed by atoms with E-state index in [0.29, 0.717) is 11.2 Å². The largest absolute Gasteiger partial charge is 0.376 e. The van der Waals surface area contributed by atoms with Crippen LogP contribution in [0.5, 0.6) is 0 Å². The Kier molecular flexibility index (Phi) is 5.58. The molecule has 2 N–H and O–H groups in total. The van der Waals surface area contributed by atoms with Gasteiger partial charge in [0.2, 0.25) is 0 Å². The van der Waals surface area contributed by atoms with Crippen LogP contribution in [-0.4, -0.2) is 40.2 Å². The van der Waals surface area contributed by atoms with Gasteiger partial charge in [-0.25, -0.2) is 0 Å². The van der Waals surface area contributed by atoms with Gasteiger partial charge in [0.25, 0.3) is 0 Å². The van der Waals surface area contributed by atoms with Crippen LogP contribution < -0.4 is 10.6 Å². The maximum Gasteiger partial charge on any atom is 0.166 e. The van der Waals surface area contributed by atoms with Gasteiger partial charge >= 0.3 is 0 Å². The number of hydrogen-bond acceptors (Lipinski definition) is 3. The normalized spacial score (nSPS) is 20.2. The molecule has 2 rings (SSSR count). The average molecular weight is 310 g/mol. The Morgan fingerprint density at radius 1 is 1.52 bits per heavy atom. The molecule has 0 saturated carbocycles. The summed E-state index contributed by atoms with van der Waals surface area (Å²) in [4.78, 5) is 0. The molecule has 1 fully saturated rings. The van der Waals surface area contributed by atoms with Crippen LogP contribution in [0.2, 0.25) is 0 Å². The molecule has 1 aromatic rings. The Hall–Kier alpha value is -1.14. The van der Waals surface area contributed by atoms with E-state index in [4.69, 9.17) is 17.0 Å². The van der Waals surface area contributed by atoms with Crippen molar-refractivity contribution in [2.75, 3.05) is 13.2 Å². The fourth-order valence-corrected chi connectivity index (χ4v) is 2.58. The maximum absolute atomic E-state index is 5.60. The van der Waals surface area contributed by atoms with Crippen molar-refractivity contribution in [3.63, 3.8) is 0 Å². The second kappa shape index (κ2) is 7.22. The first-order chi connectivity index (χ1) is 9.95. The van der Waals surface area contributed by atoms with Gasteiger partial charge in [-0.05, 0) is 36.5 Å². The first kappa shape index (κ1) is 16.2. The van der Waals surface area contributed by atoms with Gasteiger partial charge in [0.05, 0.1) is 18.7 Å². The van der Waals surface area contributed by atoms with Crippen LogP contribution in [0.1, 0.15) is 33.6 Å². The Morgan fingerprint density at radius 3 is 2.90 bits per heavy atom. The van der Waals surface area contributed by atoms with Gasteiger partial charge in [0, 0.05) is 25.5 Å². The topological polar surface area (TPSA) is 51.1 Å². The van der Waals surface area contributed by atoms with Crippen LogP contribution in [0.15, 0.2) is 18.5 Å². The van der Waals surface area contributed by atoms with Crippen LogP contribution >= 0.6 is 12.2 Å². The van der Waals surface area contributed by atoms with E-state index in [2.05, 4.69) is 36.5 Å². The number of aromatic nitrogens is 2. The number of thiocarbonyl (C=S) groups is 1. The fraction of sp³-hybridized carbons (Fsp3) is 0.733. The van der Waals surface area contributed by atoms with E-state index >= 15 is 0 Å². The zero-order valence-electron chi connectivity index (χ0n) is 13.1. The molecule has 1 saturated heterocycles. The second-order valence-corrected chi connectivity index (χ2v) is 7.04. The zero-order valence-corrected chi connectivity index (χ0v) is 13.9. The predicted molar refractivity (Wildman–Crippen MR) is 88.2 cm³/mol. The van der Waals surface area contributed by atoms with Crippen LogP contribution in [-0.2, 0) is 11.3 Å². The van der Waals surface area contributed by atoms with Gasteiger partial charge in [-0.15, -0.1) is 0 Å². The van der Waals surface area contributed by atoms with Gasteiger partial charge in [-0.3, -0.25) is 4.68 Å². The Labute approximate surface area is 132 Å². The third kappa shape index (κ3) is 5.28. The van der Waals surface area contributed by atoms with Crippen LogP contribution in [0.3, 0.4) is 0 Å². The highest BCUT2D eigenvalue weighted by atomic mass is 32.1. The van der Waals surface area contributed by atoms with E-state index in [1.807, 2.05) is 16.9 Å². The molecule has 0 unspecified atom stereocenters. The molecule has 21 heavy (non-hydrogen) atoms. The van der Waals surface area contributed by atoms with Crippen molar-refractivity contribution in [3.05, 3.63) is 18.5 Å². The highest BCUT2D eigenvalue weighted by Gasteiger charge is 2.26. The molecular formula is C15H26N4OS. The molecule has 0 radical (unpaired) electrons. The van der Waals surface area contributed by atoms with Crippen molar-refractivity contribution in [2.24, 2.45) is 5.41 Å². The van der Waals surface area contributed by atoms with Crippen LogP contribution in [0.25, 0.3) is 0 Å². The van der Waals surface area contributed by atoms with Crippen LogP contribution in [0, 0.1) is 5.41 Å². The third-order valence-corrected chi connectivity index (χ3v) is 4.06. The molecule has 0 bridgehead atoms. The molecule has 0 aromatic carbocycles. The first-order valence-corrected chi connectivity index (χ1v) is 7.99. The smallest absolute Gasteiger partial charge is 0.166 e. The Bertz CT molecular complexity index is 435. The van der Waals surface area contributed by atoms with E-state index in [1.165, 1.54) is 0 Å². The third-order valence-electron chi connectivity index (χ3n) is 3.79. The highest BCUT2D eigenvalue weighted by molar-refractivity contribution is 7.80. The number of ether oxygens (including phenoxy) is 1. The number of nitrogens with zero attached hydrogens (tertiary/aromatic N) is 2. The van der Waals surface area contributed by atoms with Crippen molar-refractivity contribution >= 4 is 17.3 Å². The Morgan fingerprint density at radius 2 is 2.33 bits per heavy atom. The minimum Gasteiger partial charge on any atom is -0.376 e. The summed E-state index contributed by atoms with van der Waals surface area (Å²) in [6.07, 6.45) is 6.34. The quantitative estimate of drug-likeness (QED) is 0.814. The molecule has 2 heterocycles. The molecule has 1 aromatic heterocycles. The summed E-state index contributed by atoms with van der Waals surface area (Å²) in [5, 5.41) is 11.7. The lowest BCUT2D eigenvalue weighted by Crippen LogP contribution is -2.51. The Balaban J connectivity index is 1.84. The number of nitrogens with one attached hydrogen (secondary N) is 2. The van der Waals surface area contributed by atoms with Gasteiger partial charge in [0.15, 0.2) is 5.11 Å². The summed E-state index contributed by atoms with van der Waals surface area (Å²) in [5.41, 5.74) is 0.0849. The minimum absolute atomic E-state index is 0.0849. The molecule has 118 valence electrons. The van der Waals surface area contributed by atoms with Gasteiger partial charge in [-0.1, -0.05) is 20.8 Å². The van der Waals surface area contributed by atoms with Gasteiger partial charge in [0.1, 0.15) is 0 Å². The number of hydrogen-bond donors (Lipinski definition) is 2. The van der Waals surface area contributed by atoms with E-state index in [0.717, 1.165) is 32.5 Å². The average Bonchev–Trinajstić information content (AvgIpc) is 3.07. The predicted octanol–water partition coefficient (Wildman–Crippen LogP) is 1.94. The summed E-state index contributed by atoms with van der Waals surface area (Å²) in [7, 11) is 0. The molecule has 0 aliphatic carbocycles. The molecule has 1 aliphatic rings. The van der Waals surface area contributed by atoms with E-state index in [1.54, 1.807) is 6.20 Å². The lowest BCUT2D eigenvalue weighted by Gasteiger charge is -2.32. The SMILES string of the molecule is CC(C)(C)[C@@H](Cn1cccn1)NC(=S)NC[C@@H]1CCCO1. The van der Waals surface area contributed by atoms with Crippen LogP contribution in [0.4, 0.5) is 0 Å². The summed E-state index contributed by atoms with van der Waals surface area (Å²) in [5.74, 6) is 0. The summed E-state index contributed by atoms with van der Waals surface area (Å²) >= 11 is 5.42. The molecule has 2 atom stereocenters. The zero-order chi connectivity index (χ0) is 15.3. The lowest BCUT2D eigenvalue weighted by atomic mass is 9.87. The van der Waals surface area contributed by atoms with E-state index < -0.39 is 0 Å². The number of rotatable bonds is 5. The minimum atomic E-state index is 0.0849. The van der Waals surface area contributed by atoms with E-state index in [-0.39, 0.29) is 11.5 Å². The summed E-state index contributed by atoms with van der Waals surface area (Å²) in [6.45, 7) is 9.06. The molecule has 0 amide bonds. The molecule has 0 spiro atoms. The van der Waals surface area contributed by atoms with Gasteiger partial charge in [-0.2, -0.15) is 5.10 Å². The molecular weight excluding hydrogens is 284 g/mol. The van der Waals surface area contributed by atoms with E-state index in [9.17, 15) is 0 Å². The van der Waals surface area contributed by atoms with Crippen molar-refractivity contribution in [1.29, 1.82) is 0 Å². The van der Waals surface area contributed by atoms with Crippen molar-refractivity contribution < 1.29 is 4.74 Å². The summed E-state index contributed by atoms with van der Waals surface area (Å²) in [6, 6.07) is 2.15. The van der Waals surface area contributed by atoms with Crippen molar-refractivity contribution in [2.45, 2.75) is 52.3 Å². The standard InChI is InChI=1S/C15H26N4OS/c1-15(2,3)13(11-19-8-5-7-17-19)18-14(21)16-10-12-6-4-9-20-12/h5,7-8,12-13H,4,6,9-11H2,1-3H3,(H2,16,18,21)/t12-,13+/m0/s1.